The molecule has 18 heavy (non-hydrogen) atoms. The average Bonchev–Trinajstić information content (AvgIpc) is 3.00. The van der Waals surface area contributed by atoms with E-state index in [0.717, 1.165) is 20.3 Å². The molecule has 0 fully saturated rings. The largest absolute Gasteiger partial charge is 0.322 e. The lowest BCUT2D eigenvalue weighted by Gasteiger charge is -2.03. The van der Waals surface area contributed by atoms with Gasteiger partial charge in [0.05, 0.1) is 11.1 Å². The van der Waals surface area contributed by atoms with E-state index in [1.165, 1.54) is 11.3 Å². The third-order valence-corrected chi connectivity index (χ3v) is 4.06. The van der Waals surface area contributed by atoms with Gasteiger partial charge in [-0.05, 0) is 52.2 Å². The van der Waals surface area contributed by atoms with E-state index >= 15 is 0 Å². The van der Waals surface area contributed by atoms with Crippen LogP contribution in [0.5, 0.6) is 0 Å². The summed E-state index contributed by atoms with van der Waals surface area (Å²) in [7, 11) is 0. The number of halogens is 1. The normalized spacial score (nSPS) is 10.7. The van der Waals surface area contributed by atoms with Crippen LogP contribution in [0, 0.1) is 3.70 Å². The molecule has 0 radical (unpaired) electrons. The second-order valence-electron chi connectivity index (χ2n) is 3.74. The molecular weight excluding hydrogens is 361 g/mol. The van der Waals surface area contributed by atoms with Crippen molar-refractivity contribution >= 4 is 56.4 Å². The number of carbonyl (C=O) groups excluding carboxylic acids is 1. The number of carbonyl (C=O) groups is 1. The van der Waals surface area contributed by atoms with E-state index in [-0.39, 0.29) is 5.91 Å². The summed E-state index contributed by atoms with van der Waals surface area (Å²) in [6, 6.07) is 7.50. The van der Waals surface area contributed by atoms with Gasteiger partial charge < -0.3 is 5.32 Å². The van der Waals surface area contributed by atoms with Crippen LogP contribution >= 0.6 is 33.9 Å². The van der Waals surface area contributed by atoms with Crippen LogP contribution in [0.2, 0.25) is 0 Å². The van der Waals surface area contributed by atoms with Crippen molar-refractivity contribution in [2.45, 2.75) is 0 Å². The first-order valence-electron chi connectivity index (χ1n) is 5.21. The minimum absolute atomic E-state index is 0.0888. The number of aromatic amines is 1. The zero-order valence-electron chi connectivity index (χ0n) is 9.11. The highest BCUT2D eigenvalue weighted by atomic mass is 127. The summed E-state index contributed by atoms with van der Waals surface area (Å²) in [4.78, 5) is 11.9. The van der Waals surface area contributed by atoms with Gasteiger partial charge in [0.25, 0.3) is 5.91 Å². The van der Waals surface area contributed by atoms with Crippen LogP contribution in [0.1, 0.15) is 10.4 Å². The van der Waals surface area contributed by atoms with E-state index in [0.29, 0.717) is 5.56 Å². The van der Waals surface area contributed by atoms with Crippen LogP contribution in [0.15, 0.2) is 35.0 Å². The van der Waals surface area contributed by atoms with Gasteiger partial charge in [-0.25, -0.2) is 0 Å². The number of benzene rings is 1. The fourth-order valence-electron chi connectivity index (χ4n) is 1.66. The number of hydrogen-bond donors (Lipinski definition) is 2. The SMILES string of the molecule is O=C(Nc1ccc2[nH]nc(I)c2c1)c1ccsc1. The van der Waals surface area contributed by atoms with Crippen molar-refractivity contribution < 1.29 is 4.79 Å². The van der Waals surface area contributed by atoms with E-state index in [2.05, 4.69) is 38.1 Å². The lowest BCUT2D eigenvalue weighted by atomic mass is 10.2. The van der Waals surface area contributed by atoms with Crippen molar-refractivity contribution in [1.82, 2.24) is 10.2 Å². The number of hydrogen-bond acceptors (Lipinski definition) is 3. The molecule has 3 aromatic rings. The Kier molecular flexibility index (Phi) is 3.04. The smallest absolute Gasteiger partial charge is 0.256 e. The third kappa shape index (κ3) is 2.13. The molecule has 0 aliphatic carbocycles. The lowest BCUT2D eigenvalue weighted by Crippen LogP contribution is -2.10. The molecule has 1 aromatic carbocycles. The summed E-state index contributed by atoms with van der Waals surface area (Å²) in [5.41, 5.74) is 2.42. The predicted octanol–water partition coefficient (Wildman–Crippen LogP) is 3.48. The lowest BCUT2D eigenvalue weighted by molar-refractivity contribution is 0.102. The predicted molar refractivity (Wildman–Crippen MR) is 81.1 cm³/mol. The Morgan fingerprint density at radius 3 is 3.06 bits per heavy atom. The standard InChI is InChI=1S/C12H8IN3OS/c13-11-9-5-8(1-2-10(9)15-16-11)14-12(17)7-3-4-18-6-7/h1-6H,(H,14,17)(H,15,16). The average molecular weight is 369 g/mol. The van der Waals surface area contributed by atoms with Gasteiger partial charge >= 0.3 is 0 Å². The number of rotatable bonds is 2. The summed E-state index contributed by atoms with van der Waals surface area (Å²) in [5.74, 6) is -0.0888. The van der Waals surface area contributed by atoms with Crippen molar-refractivity contribution in [3.8, 4) is 0 Å². The fourth-order valence-corrected chi connectivity index (χ4v) is 2.86. The molecule has 0 saturated heterocycles. The van der Waals surface area contributed by atoms with E-state index in [1.54, 1.807) is 6.07 Å². The zero-order valence-corrected chi connectivity index (χ0v) is 12.1. The Morgan fingerprint density at radius 2 is 2.28 bits per heavy atom. The molecule has 0 saturated carbocycles. The molecule has 0 spiro atoms. The second kappa shape index (κ2) is 4.69. The molecule has 0 aliphatic rings. The number of amides is 1. The number of H-pyrrole nitrogens is 1. The van der Waals surface area contributed by atoms with Gasteiger partial charge in [0.1, 0.15) is 3.70 Å². The minimum atomic E-state index is -0.0888. The monoisotopic (exact) mass is 369 g/mol. The maximum Gasteiger partial charge on any atom is 0.256 e. The van der Waals surface area contributed by atoms with Gasteiger partial charge in [0, 0.05) is 16.5 Å². The maximum atomic E-state index is 11.9. The molecule has 6 heteroatoms. The van der Waals surface area contributed by atoms with Crippen LogP contribution in [0.4, 0.5) is 5.69 Å². The molecule has 2 aromatic heterocycles. The summed E-state index contributed by atoms with van der Waals surface area (Å²) in [6.45, 7) is 0. The molecule has 0 bridgehead atoms. The molecule has 3 rings (SSSR count). The highest BCUT2D eigenvalue weighted by Crippen LogP contribution is 2.22. The van der Waals surface area contributed by atoms with E-state index in [4.69, 9.17) is 0 Å². The summed E-state index contributed by atoms with van der Waals surface area (Å²) in [5, 5.41) is 14.6. The first kappa shape index (κ1) is 11.7. The topological polar surface area (TPSA) is 57.8 Å². The molecule has 0 unspecified atom stereocenters. The van der Waals surface area contributed by atoms with Gasteiger partial charge in [-0.15, -0.1) is 0 Å². The number of aromatic nitrogens is 2. The zero-order chi connectivity index (χ0) is 12.5. The molecule has 2 N–H and O–H groups in total. The Balaban J connectivity index is 1.91. The Morgan fingerprint density at radius 1 is 1.39 bits per heavy atom. The summed E-state index contributed by atoms with van der Waals surface area (Å²) < 4.78 is 0.897. The van der Waals surface area contributed by atoms with E-state index < -0.39 is 0 Å². The van der Waals surface area contributed by atoms with Crippen LogP contribution in [-0.2, 0) is 0 Å². The quantitative estimate of drug-likeness (QED) is 0.680. The number of nitrogens with zero attached hydrogens (tertiary/aromatic N) is 1. The maximum absolute atomic E-state index is 11.9. The van der Waals surface area contributed by atoms with Crippen molar-refractivity contribution in [3.63, 3.8) is 0 Å². The molecule has 4 nitrogen and oxygen atoms in total. The van der Waals surface area contributed by atoms with E-state index in [1.807, 2.05) is 29.0 Å². The highest BCUT2D eigenvalue weighted by Gasteiger charge is 2.08. The van der Waals surface area contributed by atoms with Crippen molar-refractivity contribution in [1.29, 1.82) is 0 Å². The van der Waals surface area contributed by atoms with Crippen molar-refractivity contribution in [3.05, 3.63) is 44.3 Å². The highest BCUT2D eigenvalue weighted by molar-refractivity contribution is 14.1. The molecule has 0 atom stereocenters. The first-order chi connectivity index (χ1) is 8.74. The Hall–Kier alpha value is -1.41. The van der Waals surface area contributed by atoms with Gasteiger partial charge in [-0.1, -0.05) is 0 Å². The number of anilines is 1. The Bertz CT molecular complexity index is 705. The van der Waals surface area contributed by atoms with Crippen LogP contribution in [0.25, 0.3) is 10.9 Å². The van der Waals surface area contributed by atoms with Gasteiger partial charge in [0.2, 0.25) is 0 Å². The van der Waals surface area contributed by atoms with Gasteiger partial charge in [-0.2, -0.15) is 16.4 Å². The van der Waals surface area contributed by atoms with Crippen LogP contribution in [-0.4, -0.2) is 16.1 Å². The molecule has 90 valence electrons. The van der Waals surface area contributed by atoms with Crippen LogP contribution < -0.4 is 5.32 Å². The fraction of sp³-hybridized carbons (Fsp3) is 0. The number of nitrogens with one attached hydrogen (secondary N) is 2. The molecule has 2 heterocycles. The summed E-state index contributed by atoms with van der Waals surface area (Å²) in [6.07, 6.45) is 0. The van der Waals surface area contributed by atoms with Gasteiger partial charge in [0.15, 0.2) is 0 Å². The molecule has 0 aliphatic heterocycles. The summed E-state index contributed by atoms with van der Waals surface area (Å²) >= 11 is 3.67. The number of thiophene rings is 1. The first-order valence-corrected chi connectivity index (χ1v) is 7.23. The van der Waals surface area contributed by atoms with Crippen molar-refractivity contribution in [2.75, 3.05) is 5.32 Å². The van der Waals surface area contributed by atoms with Crippen LogP contribution in [0.3, 0.4) is 0 Å². The van der Waals surface area contributed by atoms with Crippen molar-refractivity contribution in [2.24, 2.45) is 0 Å². The van der Waals surface area contributed by atoms with Gasteiger partial charge in [-0.3, -0.25) is 9.89 Å². The second-order valence-corrected chi connectivity index (χ2v) is 5.54. The number of fused-ring (bicyclic) bond motifs is 1. The molecule has 1 amide bonds. The molecular formula is C12H8IN3OS. The third-order valence-electron chi connectivity index (χ3n) is 2.56. The Labute approximate surface area is 121 Å². The minimum Gasteiger partial charge on any atom is -0.322 e. The van der Waals surface area contributed by atoms with E-state index in [9.17, 15) is 4.79 Å².